The molecular formula is C33H40N4O5. The zero-order valence-corrected chi connectivity index (χ0v) is 24.1. The number of aliphatic hydroxyl groups is 2. The Morgan fingerprint density at radius 3 is 2.74 bits per heavy atom. The van der Waals surface area contributed by atoms with Gasteiger partial charge in [-0.15, -0.1) is 6.58 Å². The standard InChI is InChI=1S/C33H40N4O5/c1-3-16-36-29-14-13-26(35-31(40)24-11-7-15-34-19-24)18-28(29)33(42,32(36)41)22(2)8-6-12-30(39)37-20-25-10-5-4-9-23(25)17-27(37)21-38/h3-6,8-10,13-14,18,22,24,27,34,38,42H,1,7,11-12,15-17,19-21H2,2H3,(H,35,40)/b8-6+/t22-,24?,27+,33+/m1/s1. The summed E-state index contributed by atoms with van der Waals surface area (Å²) in [6.07, 6.45) is 7.40. The van der Waals surface area contributed by atoms with E-state index in [4.69, 9.17) is 0 Å². The highest BCUT2D eigenvalue weighted by atomic mass is 16.3. The third kappa shape index (κ3) is 5.64. The maximum Gasteiger partial charge on any atom is 0.264 e. The average molecular weight is 573 g/mol. The Hall–Kier alpha value is -3.79. The predicted molar refractivity (Wildman–Crippen MR) is 162 cm³/mol. The van der Waals surface area contributed by atoms with E-state index in [2.05, 4.69) is 17.2 Å². The number of hydrogen-bond acceptors (Lipinski definition) is 6. The number of hydrogen-bond donors (Lipinski definition) is 4. The van der Waals surface area contributed by atoms with Crippen LogP contribution in [0.15, 0.2) is 67.3 Å². The van der Waals surface area contributed by atoms with Crippen LogP contribution in [0.1, 0.15) is 42.9 Å². The second-order valence-electron chi connectivity index (χ2n) is 11.5. The Morgan fingerprint density at radius 1 is 1.24 bits per heavy atom. The van der Waals surface area contributed by atoms with Gasteiger partial charge in [0.1, 0.15) is 0 Å². The van der Waals surface area contributed by atoms with Crippen LogP contribution < -0.4 is 15.5 Å². The molecule has 2 aromatic carbocycles. The molecule has 0 aromatic heterocycles. The third-order valence-corrected chi connectivity index (χ3v) is 8.78. The number of benzene rings is 2. The van der Waals surface area contributed by atoms with Crippen molar-refractivity contribution in [2.24, 2.45) is 11.8 Å². The monoisotopic (exact) mass is 572 g/mol. The van der Waals surface area contributed by atoms with Gasteiger partial charge in [-0.1, -0.05) is 49.4 Å². The van der Waals surface area contributed by atoms with Gasteiger partial charge >= 0.3 is 0 Å². The molecule has 0 radical (unpaired) electrons. The Morgan fingerprint density at radius 2 is 2.02 bits per heavy atom. The van der Waals surface area contributed by atoms with Crippen molar-refractivity contribution in [3.05, 3.63) is 84.0 Å². The lowest BCUT2D eigenvalue weighted by Gasteiger charge is -2.36. The smallest absolute Gasteiger partial charge is 0.264 e. The molecule has 0 bridgehead atoms. The molecule has 0 saturated carbocycles. The minimum atomic E-state index is -1.89. The van der Waals surface area contributed by atoms with Crippen molar-refractivity contribution >= 4 is 29.1 Å². The fourth-order valence-electron chi connectivity index (χ4n) is 6.33. The summed E-state index contributed by atoms with van der Waals surface area (Å²) in [6.45, 7) is 7.56. The van der Waals surface area contributed by atoms with E-state index < -0.39 is 17.4 Å². The number of aliphatic hydroxyl groups excluding tert-OH is 1. The first kappa shape index (κ1) is 29.7. The molecule has 222 valence electrons. The molecule has 2 aromatic rings. The molecule has 3 aliphatic rings. The second-order valence-corrected chi connectivity index (χ2v) is 11.5. The van der Waals surface area contributed by atoms with Crippen LogP contribution in [0.5, 0.6) is 0 Å². The van der Waals surface area contributed by atoms with E-state index in [1.165, 1.54) is 4.90 Å². The molecule has 1 saturated heterocycles. The SMILES string of the molecule is C=CCN1C(=O)[C@](O)([C@H](C)/C=C/CC(=O)N2Cc3ccccc3C[C@H]2CO)c2cc(NC(=O)C3CCCNC3)ccc21. The molecule has 1 fully saturated rings. The van der Waals surface area contributed by atoms with E-state index in [1.54, 1.807) is 48.3 Å². The largest absolute Gasteiger partial charge is 0.394 e. The number of carbonyl (C=O) groups is 3. The molecule has 0 spiro atoms. The van der Waals surface area contributed by atoms with E-state index in [0.29, 0.717) is 36.4 Å². The van der Waals surface area contributed by atoms with E-state index in [0.717, 1.165) is 30.5 Å². The van der Waals surface area contributed by atoms with Crippen LogP contribution in [0.3, 0.4) is 0 Å². The minimum absolute atomic E-state index is 0.0715. The zero-order valence-electron chi connectivity index (χ0n) is 24.1. The Labute approximate surface area is 246 Å². The van der Waals surface area contributed by atoms with Gasteiger partial charge in [0.15, 0.2) is 5.60 Å². The van der Waals surface area contributed by atoms with E-state index in [1.807, 2.05) is 24.3 Å². The molecule has 0 aliphatic carbocycles. The summed E-state index contributed by atoms with van der Waals surface area (Å²) in [5.41, 5.74) is 1.81. The average Bonchev–Trinajstić information content (AvgIpc) is 3.23. The maximum atomic E-state index is 13.6. The topological polar surface area (TPSA) is 122 Å². The summed E-state index contributed by atoms with van der Waals surface area (Å²) >= 11 is 0. The van der Waals surface area contributed by atoms with Gasteiger partial charge in [0.2, 0.25) is 11.8 Å². The highest BCUT2D eigenvalue weighted by Gasteiger charge is 2.52. The highest BCUT2D eigenvalue weighted by molar-refractivity contribution is 6.08. The first-order valence-corrected chi connectivity index (χ1v) is 14.7. The molecule has 3 aliphatic heterocycles. The quantitative estimate of drug-likeness (QED) is 0.343. The number of carbonyl (C=O) groups excluding carboxylic acids is 3. The van der Waals surface area contributed by atoms with Crippen LogP contribution in [0.25, 0.3) is 0 Å². The number of rotatable bonds is 9. The summed E-state index contributed by atoms with van der Waals surface area (Å²) in [4.78, 5) is 42.9. The van der Waals surface area contributed by atoms with Gasteiger partial charge in [0.05, 0.1) is 24.3 Å². The Bertz CT molecular complexity index is 1380. The lowest BCUT2D eigenvalue weighted by Crippen LogP contribution is -2.46. The summed E-state index contributed by atoms with van der Waals surface area (Å²) in [5, 5.41) is 28.1. The number of nitrogens with zero attached hydrogens (tertiary/aromatic N) is 2. The lowest BCUT2D eigenvalue weighted by molar-refractivity contribution is -0.139. The summed E-state index contributed by atoms with van der Waals surface area (Å²) < 4.78 is 0. The molecule has 5 rings (SSSR count). The number of piperidine rings is 1. The fraction of sp³-hybridized carbons (Fsp3) is 0.424. The van der Waals surface area contributed by atoms with Crippen molar-refractivity contribution in [3.63, 3.8) is 0 Å². The molecular weight excluding hydrogens is 532 g/mol. The molecule has 1 unspecified atom stereocenters. The third-order valence-electron chi connectivity index (χ3n) is 8.78. The summed E-state index contributed by atoms with van der Waals surface area (Å²) in [5.74, 6) is -1.51. The van der Waals surface area contributed by atoms with Crippen LogP contribution in [0, 0.1) is 11.8 Å². The number of anilines is 2. The molecule has 4 atom stereocenters. The van der Waals surface area contributed by atoms with Crippen LogP contribution in [-0.4, -0.2) is 65.1 Å². The van der Waals surface area contributed by atoms with E-state index in [-0.39, 0.29) is 43.3 Å². The van der Waals surface area contributed by atoms with Crippen molar-refractivity contribution in [3.8, 4) is 0 Å². The zero-order chi connectivity index (χ0) is 29.9. The number of amides is 3. The molecule has 3 amide bonds. The summed E-state index contributed by atoms with van der Waals surface area (Å²) in [6, 6.07) is 12.8. The number of nitrogens with one attached hydrogen (secondary N) is 2. The molecule has 42 heavy (non-hydrogen) atoms. The maximum absolute atomic E-state index is 13.6. The van der Waals surface area contributed by atoms with Gasteiger partial charge in [-0.05, 0) is 55.1 Å². The van der Waals surface area contributed by atoms with Gasteiger partial charge in [-0.2, -0.15) is 0 Å². The normalized spacial score (nSPS) is 24.3. The van der Waals surface area contributed by atoms with Crippen molar-refractivity contribution in [2.75, 3.05) is 36.5 Å². The highest BCUT2D eigenvalue weighted by Crippen LogP contribution is 2.46. The van der Waals surface area contributed by atoms with Gasteiger partial charge in [-0.25, -0.2) is 0 Å². The second kappa shape index (κ2) is 12.6. The van der Waals surface area contributed by atoms with Gasteiger partial charge in [-0.3, -0.25) is 14.4 Å². The summed E-state index contributed by atoms with van der Waals surface area (Å²) in [7, 11) is 0. The van der Waals surface area contributed by atoms with E-state index >= 15 is 0 Å². The minimum Gasteiger partial charge on any atom is -0.394 e. The molecule has 3 heterocycles. The molecule has 9 nitrogen and oxygen atoms in total. The molecule has 9 heteroatoms. The van der Waals surface area contributed by atoms with Crippen LogP contribution >= 0.6 is 0 Å². The number of fused-ring (bicyclic) bond motifs is 2. The molecule has 4 N–H and O–H groups in total. The van der Waals surface area contributed by atoms with Crippen molar-refractivity contribution in [1.82, 2.24) is 10.2 Å². The lowest BCUT2D eigenvalue weighted by atomic mass is 9.82. The van der Waals surface area contributed by atoms with Crippen LogP contribution in [0.4, 0.5) is 11.4 Å². The van der Waals surface area contributed by atoms with Crippen LogP contribution in [0.2, 0.25) is 0 Å². The van der Waals surface area contributed by atoms with E-state index in [9.17, 15) is 24.6 Å². The van der Waals surface area contributed by atoms with Gasteiger partial charge in [0.25, 0.3) is 5.91 Å². The fourth-order valence-corrected chi connectivity index (χ4v) is 6.33. The Kier molecular flexibility index (Phi) is 8.91. The van der Waals surface area contributed by atoms with Gasteiger partial charge < -0.3 is 30.6 Å². The Balaban J connectivity index is 1.33. The predicted octanol–water partition coefficient (Wildman–Crippen LogP) is 2.87. The van der Waals surface area contributed by atoms with Gasteiger partial charge in [0, 0.05) is 43.2 Å². The van der Waals surface area contributed by atoms with Crippen LogP contribution in [-0.2, 0) is 33.0 Å². The van der Waals surface area contributed by atoms with Crippen molar-refractivity contribution in [2.45, 2.75) is 50.8 Å². The van der Waals surface area contributed by atoms with Crippen molar-refractivity contribution < 1.29 is 24.6 Å². The first-order chi connectivity index (χ1) is 20.3. The first-order valence-electron chi connectivity index (χ1n) is 14.7. The van der Waals surface area contributed by atoms with Crippen molar-refractivity contribution in [1.29, 1.82) is 0 Å².